The van der Waals surface area contributed by atoms with Crippen molar-refractivity contribution in [2.45, 2.75) is 38.8 Å². The van der Waals surface area contributed by atoms with Gasteiger partial charge in [0.05, 0.1) is 25.5 Å². The van der Waals surface area contributed by atoms with Gasteiger partial charge >= 0.3 is 0 Å². The molecule has 5 rings (SSSR count). The van der Waals surface area contributed by atoms with Gasteiger partial charge < -0.3 is 19.1 Å². The van der Waals surface area contributed by atoms with Crippen molar-refractivity contribution in [1.29, 1.82) is 0 Å². The lowest BCUT2D eigenvalue weighted by Crippen LogP contribution is -2.34. The van der Waals surface area contributed by atoms with Crippen molar-refractivity contribution in [3.05, 3.63) is 65.4 Å². The third-order valence-corrected chi connectivity index (χ3v) is 6.57. The van der Waals surface area contributed by atoms with Gasteiger partial charge in [0.2, 0.25) is 11.8 Å². The summed E-state index contributed by atoms with van der Waals surface area (Å²) in [5.74, 6) is 3.66. The molecule has 0 amide bonds. The Morgan fingerprint density at radius 2 is 1.59 bits per heavy atom. The van der Waals surface area contributed by atoms with E-state index in [2.05, 4.69) is 21.9 Å². The zero-order valence-corrected chi connectivity index (χ0v) is 20.0. The molecule has 0 saturated carbocycles. The van der Waals surface area contributed by atoms with Crippen LogP contribution in [0.25, 0.3) is 0 Å². The highest BCUT2D eigenvalue weighted by Crippen LogP contribution is 2.36. The number of ether oxygens (including phenoxy) is 3. The van der Waals surface area contributed by atoms with E-state index in [1.807, 2.05) is 36.4 Å². The van der Waals surface area contributed by atoms with E-state index in [1.165, 1.54) is 24.8 Å². The number of fused-ring (bicyclic) bond motifs is 1. The number of hydrogen-bond donors (Lipinski definition) is 0. The van der Waals surface area contributed by atoms with Crippen LogP contribution in [-0.4, -0.2) is 48.7 Å². The fourth-order valence-electron chi connectivity index (χ4n) is 4.68. The van der Waals surface area contributed by atoms with E-state index in [0.717, 1.165) is 62.1 Å². The van der Waals surface area contributed by atoms with Gasteiger partial charge in [0.25, 0.3) is 0 Å². The number of nitrogens with zero attached hydrogens (tertiary/aromatic N) is 4. The topological polar surface area (TPSA) is 60.0 Å². The number of aromatic nitrogens is 2. The van der Waals surface area contributed by atoms with Crippen molar-refractivity contribution in [3.8, 4) is 23.1 Å². The molecule has 0 bridgehead atoms. The predicted octanol–water partition coefficient (Wildman–Crippen LogP) is 4.83. The van der Waals surface area contributed by atoms with Crippen LogP contribution in [0.15, 0.2) is 48.5 Å². The molecule has 7 nitrogen and oxygen atoms in total. The number of anilines is 1. The Labute approximate surface area is 201 Å². The molecule has 2 aliphatic heterocycles. The van der Waals surface area contributed by atoms with E-state index in [-0.39, 0.29) is 0 Å². The van der Waals surface area contributed by atoms with Gasteiger partial charge in [-0.25, -0.2) is 4.98 Å². The molecule has 0 aliphatic carbocycles. The van der Waals surface area contributed by atoms with Gasteiger partial charge in [0.15, 0.2) is 11.5 Å². The maximum atomic E-state index is 6.41. The summed E-state index contributed by atoms with van der Waals surface area (Å²) in [6.07, 6.45) is 4.50. The number of hydrogen-bond acceptors (Lipinski definition) is 7. The summed E-state index contributed by atoms with van der Waals surface area (Å²) in [6.45, 7) is 4.54. The van der Waals surface area contributed by atoms with Crippen molar-refractivity contribution in [2.75, 3.05) is 38.8 Å². The maximum Gasteiger partial charge on any atom is 0.229 e. The quantitative estimate of drug-likeness (QED) is 0.500. The van der Waals surface area contributed by atoms with Gasteiger partial charge in [-0.1, -0.05) is 24.3 Å². The first-order chi connectivity index (χ1) is 16.7. The summed E-state index contributed by atoms with van der Waals surface area (Å²) in [5.41, 5.74) is 3.40. The molecule has 7 heteroatoms. The molecule has 0 spiro atoms. The van der Waals surface area contributed by atoms with E-state index in [0.29, 0.717) is 17.4 Å². The number of methoxy groups -OCH3 is 2. The third kappa shape index (κ3) is 4.94. The highest BCUT2D eigenvalue weighted by atomic mass is 16.5. The Hall–Kier alpha value is -3.32. The van der Waals surface area contributed by atoms with Crippen LogP contribution in [0.4, 0.5) is 5.95 Å². The summed E-state index contributed by atoms with van der Waals surface area (Å²) in [7, 11) is 3.35. The van der Waals surface area contributed by atoms with Crippen LogP contribution < -0.4 is 19.1 Å². The number of rotatable bonds is 7. The van der Waals surface area contributed by atoms with Crippen molar-refractivity contribution < 1.29 is 14.2 Å². The third-order valence-electron chi connectivity index (χ3n) is 6.57. The Bertz CT molecular complexity index is 1110. The maximum absolute atomic E-state index is 6.41. The van der Waals surface area contributed by atoms with E-state index >= 15 is 0 Å². The summed E-state index contributed by atoms with van der Waals surface area (Å²) in [5, 5.41) is 0. The zero-order valence-electron chi connectivity index (χ0n) is 20.0. The number of para-hydroxylation sites is 2. The van der Waals surface area contributed by atoms with Crippen molar-refractivity contribution in [1.82, 2.24) is 14.9 Å². The Balaban J connectivity index is 1.44. The van der Waals surface area contributed by atoms with Crippen LogP contribution in [0.1, 0.15) is 36.1 Å². The molecule has 0 unspecified atom stereocenters. The molecule has 0 N–H and O–H groups in total. The first-order valence-corrected chi connectivity index (χ1v) is 12.0. The monoisotopic (exact) mass is 460 g/mol. The molecule has 3 aromatic rings. The lowest BCUT2D eigenvalue weighted by molar-refractivity contribution is 0.237. The second-order valence-electron chi connectivity index (χ2n) is 8.86. The van der Waals surface area contributed by atoms with Crippen LogP contribution >= 0.6 is 0 Å². The van der Waals surface area contributed by atoms with Gasteiger partial charge in [-0.2, -0.15) is 4.98 Å². The molecule has 0 radical (unpaired) electrons. The smallest absolute Gasteiger partial charge is 0.229 e. The van der Waals surface area contributed by atoms with Crippen LogP contribution in [0.5, 0.6) is 23.1 Å². The second-order valence-corrected chi connectivity index (χ2v) is 8.86. The molecule has 1 saturated heterocycles. The molecule has 178 valence electrons. The van der Waals surface area contributed by atoms with Gasteiger partial charge in [0, 0.05) is 39.1 Å². The molecular formula is C27H32N4O3. The first kappa shape index (κ1) is 22.5. The summed E-state index contributed by atoms with van der Waals surface area (Å²) in [6, 6.07) is 16.0. The normalized spacial score (nSPS) is 16.1. The predicted molar refractivity (Wildman–Crippen MR) is 132 cm³/mol. The number of benzene rings is 2. The van der Waals surface area contributed by atoms with E-state index in [9.17, 15) is 0 Å². The van der Waals surface area contributed by atoms with E-state index in [1.54, 1.807) is 14.2 Å². The molecule has 0 atom stereocenters. The van der Waals surface area contributed by atoms with Gasteiger partial charge in [0.1, 0.15) is 5.75 Å². The lowest BCUT2D eigenvalue weighted by Gasteiger charge is -2.32. The van der Waals surface area contributed by atoms with Gasteiger partial charge in [-0.05, 0) is 49.1 Å². The highest BCUT2D eigenvalue weighted by Gasteiger charge is 2.26. The van der Waals surface area contributed by atoms with Crippen molar-refractivity contribution in [3.63, 3.8) is 0 Å². The molecule has 2 aromatic carbocycles. The average Bonchev–Trinajstić information content (AvgIpc) is 2.90. The van der Waals surface area contributed by atoms with Crippen LogP contribution in [0.3, 0.4) is 0 Å². The van der Waals surface area contributed by atoms with E-state index < -0.39 is 0 Å². The highest BCUT2D eigenvalue weighted by molar-refractivity contribution is 5.47. The Kier molecular flexibility index (Phi) is 6.81. The molecular weight excluding hydrogens is 428 g/mol. The standard InChI is InChI=1S/C27H32N4O3/c1-32-21-12-10-20(11-13-21)18-30-17-14-23-22(19-30)26(34-25-9-5-4-8-24(25)33-2)29-27(28-23)31-15-6-3-7-16-31/h4-5,8-13H,3,6-7,14-19H2,1-2H3. The minimum absolute atomic E-state index is 0.634. The molecule has 3 heterocycles. The average molecular weight is 461 g/mol. The summed E-state index contributed by atoms with van der Waals surface area (Å²) >= 11 is 0. The second kappa shape index (κ2) is 10.3. The van der Waals surface area contributed by atoms with Crippen LogP contribution in [0, 0.1) is 0 Å². The lowest BCUT2D eigenvalue weighted by atomic mass is 10.1. The Morgan fingerprint density at radius 3 is 2.32 bits per heavy atom. The summed E-state index contributed by atoms with van der Waals surface area (Å²) in [4.78, 5) is 14.7. The van der Waals surface area contributed by atoms with Crippen LogP contribution in [-0.2, 0) is 19.5 Å². The Morgan fingerprint density at radius 1 is 0.824 bits per heavy atom. The minimum atomic E-state index is 0.634. The van der Waals surface area contributed by atoms with Crippen molar-refractivity contribution >= 4 is 5.95 Å². The fourth-order valence-corrected chi connectivity index (χ4v) is 4.68. The van der Waals surface area contributed by atoms with Gasteiger partial charge in [-0.15, -0.1) is 0 Å². The minimum Gasteiger partial charge on any atom is -0.497 e. The SMILES string of the molecule is COc1ccc(CN2CCc3nc(N4CCCCC4)nc(Oc4ccccc4OC)c3C2)cc1. The number of piperidine rings is 1. The molecule has 1 fully saturated rings. The molecule has 2 aliphatic rings. The van der Waals surface area contributed by atoms with E-state index in [4.69, 9.17) is 24.2 Å². The first-order valence-electron chi connectivity index (χ1n) is 12.0. The summed E-state index contributed by atoms with van der Waals surface area (Å²) < 4.78 is 17.2. The molecule has 1 aromatic heterocycles. The largest absolute Gasteiger partial charge is 0.497 e. The van der Waals surface area contributed by atoms with Crippen molar-refractivity contribution in [2.24, 2.45) is 0 Å². The van der Waals surface area contributed by atoms with Crippen LogP contribution in [0.2, 0.25) is 0 Å². The fraction of sp³-hybridized carbons (Fsp3) is 0.407. The van der Waals surface area contributed by atoms with Gasteiger partial charge in [-0.3, -0.25) is 4.90 Å². The zero-order chi connectivity index (χ0) is 23.3. The molecule has 34 heavy (non-hydrogen) atoms.